The molecule has 0 spiro atoms. The molecule has 1 aliphatic carbocycles. The number of aromatic nitrogens is 1. The topological polar surface area (TPSA) is 26.0 Å². The summed E-state index contributed by atoms with van der Waals surface area (Å²) < 4.78 is 5.34. The van der Waals surface area contributed by atoms with E-state index in [2.05, 4.69) is 5.16 Å². The molecule has 2 nitrogen and oxygen atoms in total. The average Bonchev–Trinajstić information content (AvgIpc) is 2.71. The Balaban J connectivity index is 2.27. The van der Waals surface area contributed by atoms with Gasteiger partial charge in [0.25, 0.3) is 0 Å². The van der Waals surface area contributed by atoms with E-state index in [1.165, 1.54) is 25.7 Å². The molecule has 0 aromatic carbocycles. The van der Waals surface area contributed by atoms with Crippen LogP contribution in [-0.4, -0.2) is 5.16 Å². The maximum Gasteiger partial charge on any atom is 0.144 e. The van der Waals surface area contributed by atoms with E-state index in [1.807, 2.05) is 6.92 Å². The second-order valence-electron chi connectivity index (χ2n) is 3.73. The molecule has 0 bridgehead atoms. The van der Waals surface area contributed by atoms with Gasteiger partial charge in [-0.1, -0.05) is 18.0 Å². The number of alkyl halides is 1. The van der Waals surface area contributed by atoms with E-state index >= 15 is 0 Å². The normalized spacial score (nSPS) is 18.3. The summed E-state index contributed by atoms with van der Waals surface area (Å²) in [6.45, 7) is 1.96. The summed E-state index contributed by atoms with van der Waals surface area (Å²) in [7, 11) is 0. The van der Waals surface area contributed by atoms with Crippen molar-refractivity contribution in [3.8, 4) is 0 Å². The van der Waals surface area contributed by atoms with Crippen LogP contribution in [0.25, 0.3) is 0 Å². The summed E-state index contributed by atoms with van der Waals surface area (Å²) in [6, 6.07) is 0. The van der Waals surface area contributed by atoms with Crippen LogP contribution in [0.2, 0.25) is 0 Å². The molecule has 1 aromatic rings. The van der Waals surface area contributed by atoms with Gasteiger partial charge in [-0.3, -0.25) is 0 Å². The van der Waals surface area contributed by atoms with Crippen LogP contribution in [0.15, 0.2) is 4.52 Å². The first-order valence-corrected chi connectivity index (χ1v) is 5.37. The monoisotopic (exact) mass is 199 g/mol. The third-order valence-corrected chi connectivity index (χ3v) is 3.14. The molecular weight excluding hydrogens is 186 g/mol. The molecule has 72 valence electrons. The first-order chi connectivity index (χ1) is 6.33. The molecule has 13 heavy (non-hydrogen) atoms. The zero-order valence-corrected chi connectivity index (χ0v) is 8.60. The smallest absolute Gasteiger partial charge is 0.144 e. The van der Waals surface area contributed by atoms with Crippen LogP contribution in [0.3, 0.4) is 0 Å². The minimum absolute atomic E-state index is 0.529. The zero-order valence-electron chi connectivity index (χ0n) is 7.85. The number of hydrogen-bond donors (Lipinski definition) is 0. The molecule has 0 unspecified atom stereocenters. The lowest BCUT2D eigenvalue weighted by molar-refractivity contribution is 0.356. The van der Waals surface area contributed by atoms with Crippen molar-refractivity contribution in [2.24, 2.45) is 0 Å². The van der Waals surface area contributed by atoms with Gasteiger partial charge in [0.2, 0.25) is 0 Å². The first kappa shape index (κ1) is 9.07. The summed E-state index contributed by atoms with van der Waals surface area (Å²) in [5, 5.41) is 3.97. The predicted octanol–water partition coefficient (Wildman–Crippen LogP) is 3.38. The van der Waals surface area contributed by atoms with E-state index in [-0.39, 0.29) is 0 Å². The molecule has 1 heterocycles. The Hall–Kier alpha value is -0.500. The third kappa shape index (κ3) is 1.60. The highest BCUT2D eigenvalue weighted by Gasteiger charge is 2.24. The first-order valence-electron chi connectivity index (χ1n) is 4.84. The second kappa shape index (κ2) is 3.70. The standard InChI is InChI=1S/C10H14ClNO/c1-7-9(6-11)10(13-12-7)8-4-2-3-5-8/h8H,2-6H2,1H3. The van der Waals surface area contributed by atoms with E-state index in [0.717, 1.165) is 17.0 Å². The molecule has 0 aliphatic heterocycles. The molecule has 1 fully saturated rings. The van der Waals surface area contributed by atoms with E-state index in [1.54, 1.807) is 0 Å². The van der Waals surface area contributed by atoms with Crippen molar-refractivity contribution in [3.63, 3.8) is 0 Å². The highest BCUT2D eigenvalue weighted by molar-refractivity contribution is 6.17. The maximum absolute atomic E-state index is 5.86. The van der Waals surface area contributed by atoms with Crippen molar-refractivity contribution in [1.82, 2.24) is 5.16 Å². The zero-order chi connectivity index (χ0) is 9.26. The van der Waals surface area contributed by atoms with Gasteiger partial charge >= 0.3 is 0 Å². The van der Waals surface area contributed by atoms with Crippen LogP contribution >= 0.6 is 11.6 Å². The van der Waals surface area contributed by atoms with Crippen LogP contribution in [-0.2, 0) is 5.88 Å². The third-order valence-electron chi connectivity index (χ3n) is 2.87. The van der Waals surface area contributed by atoms with Gasteiger partial charge in [0, 0.05) is 11.5 Å². The molecule has 1 aromatic heterocycles. The van der Waals surface area contributed by atoms with Crippen molar-refractivity contribution >= 4 is 11.6 Å². The highest BCUT2D eigenvalue weighted by Crippen LogP contribution is 2.36. The molecular formula is C10H14ClNO. The van der Waals surface area contributed by atoms with Gasteiger partial charge in [-0.25, -0.2) is 0 Å². The molecule has 0 atom stereocenters. The maximum atomic E-state index is 5.86. The summed E-state index contributed by atoms with van der Waals surface area (Å²) in [5.74, 6) is 2.15. The summed E-state index contributed by atoms with van der Waals surface area (Å²) in [4.78, 5) is 0. The summed E-state index contributed by atoms with van der Waals surface area (Å²) >= 11 is 5.86. The number of aryl methyl sites for hydroxylation is 1. The number of nitrogens with zero attached hydrogens (tertiary/aromatic N) is 1. The van der Waals surface area contributed by atoms with Crippen LogP contribution in [0.4, 0.5) is 0 Å². The van der Waals surface area contributed by atoms with Crippen LogP contribution in [0.5, 0.6) is 0 Å². The van der Waals surface area contributed by atoms with Gasteiger partial charge in [-0.2, -0.15) is 0 Å². The van der Waals surface area contributed by atoms with E-state index in [0.29, 0.717) is 11.8 Å². The van der Waals surface area contributed by atoms with Crippen molar-refractivity contribution in [1.29, 1.82) is 0 Å². The van der Waals surface area contributed by atoms with E-state index in [9.17, 15) is 0 Å². The van der Waals surface area contributed by atoms with Crippen LogP contribution in [0, 0.1) is 6.92 Å². The fourth-order valence-electron chi connectivity index (χ4n) is 2.08. The molecule has 0 radical (unpaired) electrons. The van der Waals surface area contributed by atoms with Gasteiger partial charge in [0.05, 0.1) is 11.6 Å². The Morgan fingerprint density at radius 2 is 2.15 bits per heavy atom. The minimum atomic E-state index is 0.529. The fraction of sp³-hybridized carbons (Fsp3) is 0.700. The molecule has 1 saturated carbocycles. The fourth-order valence-corrected chi connectivity index (χ4v) is 2.40. The predicted molar refractivity (Wildman–Crippen MR) is 52.0 cm³/mol. The number of rotatable bonds is 2. The Bertz CT molecular complexity index is 289. The second-order valence-corrected chi connectivity index (χ2v) is 3.99. The SMILES string of the molecule is Cc1noc(C2CCCC2)c1CCl. The Morgan fingerprint density at radius 3 is 2.77 bits per heavy atom. The van der Waals surface area contributed by atoms with Crippen molar-refractivity contribution in [2.75, 3.05) is 0 Å². The van der Waals surface area contributed by atoms with E-state index in [4.69, 9.17) is 16.1 Å². The van der Waals surface area contributed by atoms with Crippen molar-refractivity contribution in [3.05, 3.63) is 17.0 Å². The lowest BCUT2D eigenvalue weighted by Gasteiger charge is -2.05. The van der Waals surface area contributed by atoms with Gasteiger partial charge in [0.15, 0.2) is 0 Å². The van der Waals surface area contributed by atoms with Gasteiger partial charge < -0.3 is 4.52 Å². The van der Waals surface area contributed by atoms with Gasteiger partial charge in [0.1, 0.15) is 5.76 Å². The van der Waals surface area contributed by atoms with E-state index < -0.39 is 0 Å². The molecule has 1 aliphatic rings. The van der Waals surface area contributed by atoms with Crippen LogP contribution in [0.1, 0.15) is 48.6 Å². The van der Waals surface area contributed by atoms with Crippen LogP contribution < -0.4 is 0 Å². The average molecular weight is 200 g/mol. The molecule has 3 heteroatoms. The Morgan fingerprint density at radius 1 is 1.46 bits per heavy atom. The molecule has 0 amide bonds. The van der Waals surface area contributed by atoms with Gasteiger partial charge in [-0.15, -0.1) is 11.6 Å². The lowest BCUT2D eigenvalue weighted by Crippen LogP contribution is -1.94. The minimum Gasteiger partial charge on any atom is -0.361 e. The van der Waals surface area contributed by atoms with Crippen molar-refractivity contribution < 1.29 is 4.52 Å². The summed E-state index contributed by atoms with van der Waals surface area (Å²) in [6.07, 6.45) is 5.09. The quantitative estimate of drug-likeness (QED) is 0.683. The largest absolute Gasteiger partial charge is 0.361 e. The Kier molecular flexibility index (Phi) is 2.58. The molecule has 0 saturated heterocycles. The van der Waals surface area contributed by atoms with Crippen molar-refractivity contribution in [2.45, 2.75) is 44.4 Å². The lowest BCUT2D eigenvalue weighted by atomic mass is 10.0. The molecule has 2 rings (SSSR count). The summed E-state index contributed by atoms with van der Waals surface area (Å²) in [5.41, 5.74) is 2.07. The number of halogens is 1. The van der Waals surface area contributed by atoms with Gasteiger partial charge in [-0.05, 0) is 19.8 Å². The molecule has 0 N–H and O–H groups in total. The highest BCUT2D eigenvalue weighted by atomic mass is 35.5. The Labute approximate surface area is 83.2 Å². The number of hydrogen-bond acceptors (Lipinski definition) is 2.